The number of carbonyl (C=O) groups excluding carboxylic acids is 1. The first-order valence-electron chi connectivity index (χ1n) is 7.99. The number of piperidine rings is 1. The number of sulfonamides is 1. The van der Waals surface area contributed by atoms with Gasteiger partial charge in [-0.2, -0.15) is 8.78 Å². The number of hydrogen-bond donors (Lipinski definition) is 1. The highest BCUT2D eigenvalue weighted by molar-refractivity contribution is 7.88. The van der Waals surface area contributed by atoms with Crippen molar-refractivity contribution in [1.82, 2.24) is 9.62 Å². The molecule has 1 aromatic rings. The molecule has 0 saturated carbocycles. The molecule has 0 unspecified atom stereocenters. The third-order valence-electron chi connectivity index (χ3n) is 4.14. The predicted molar refractivity (Wildman–Crippen MR) is 88.9 cm³/mol. The number of nitrogens with one attached hydrogen (secondary N) is 1. The summed E-state index contributed by atoms with van der Waals surface area (Å²) in [5.74, 6) is 0.147. The van der Waals surface area contributed by atoms with Gasteiger partial charge in [0.05, 0.1) is 12.7 Å². The van der Waals surface area contributed by atoms with E-state index < -0.39 is 16.6 Å². The number of benzene rings is 1. The Kier molecular flexibility index (Phi) is 6.71. The van der Waals surface area contributed by atoms with Gasteiger partial charge in [0.1, 0.15) is 5.75 Å². The van der Waals surface area contributed by atoms with Crippen LogP contribution in [-0.4, -0.2) is 51.1 Å². The molecule has 1 fully saturated rings. The molecule has 1 aliphatic heterocycles. The molecule has 140 valence electrons. The summed E-state index contributed by atoms with van der Waals surface area (Å²) in [6.07, 6.45) is 2.78. The average Bonchev–Trinajstić information content (AvgIpc) is 2.54. The second-order valence-electron chi connectivity index (χ2n) is 6.11. The van der Waals surface area contributed by atoms with Crippen molar-refractivity contribution in [2.24, 2.45) is 5.92 Å². The Bertz CT molecular complexity index is 672. The Hall–Kier alpha value is -1.74. The van der Waals surface area contributed by atoms with Gasteiger partial charge < -0.3 is 10.1 Å². The summed E-state index contributed by atoms with van der Waals surface area (Å²) in [7, 11) is -3.14. The maximum absolute atomic E-state index is 12.1. The molecular formula is C16H22F2N2O4S. The normalized spacial score (nSPS) is 16.8. The van der Waals surface area contributed by atoms with Gasteiger partial charge in [0.15, 0.2) is 0 Å². The molecule has 25 heavy (non-hydrogen) atoms. The number of rotatable bonds is 7. The van der Waals surface area contributed by atoms with E-state index >= 15 is 0 Å². The van der Waals surface area contributed by atoms with Crippen LogP contribution in [0, 0.1) is 5.92 Å². The van der Waals surface area contributed by atoms with Crippen molar-refractivity contribution in [3.63, 3.8) is 0 Å². The van der Waals surface area contributed by atoms with Crippen molar-refractivity contribution in [3.8, 4) is 5.75 Å². The van der Waals surface area contributed by atoms with Gasteiger partial charge in [0.2, 0.25) is 15.9 Å². The summed E-state index contributed by atoms with van der Waals surface area (Å²) < 4.78 is 52.8. The van der Waals surface area contributed by atoms with Gasteiger partial charge in [0, 0.05) is 19.6 Å². The van der Waals surface area contributed by atoms with Crippen molar-refractivity contribution < 1.29 is 26.7 Å². The highest BCUT2D eigenvalue weighted by Crippen LogP contribution is 2.18. The fourth-order valence-corrected chi connectivity index (χ4v) is 3.61. The molecule has 1 aromatic carbocycles. The zero-order valence-electron chi connectivity index (χ0n) is 14.0. The Morgan fingerprint density at radius 3 is 2.40 bits per heavy atom. The van der Waals surface area contributed by atoms with Crippen molar-refractivity contribution >= 4 is 15.9 Å². The molecule has 2 rings (SSSR count). The third kappa shape index (κ3) is 6.58. The fourth-order valence-electron chi connectivity index (χ4n) is 2.74. The van der Waals surface area contributed by atoms with Crippen LogP contribution in [0.25, 0.3) is 0 Å². The Morgan fingerprint density at radius 1 is 1.28 bits per heavy atom. The van der Waals surface area contributed by atoms with E-state index in [1.807, 2.05) is 0 Å². The number of carbonyl (C=O) groups is 1. The summed E-state index contributed by atoms with van der Waals surface area (Å²) in [5.41, 5.74) is 0.700. The monoisotopic (exact) mass is 376 g/mol. The van der Waals surface area contributed by atoms with E-state index in [-0.39, 0.29) is 24.0 Å². The van der Waals surface area contributed by atoms with Crippen molar-refractivity contribution in [3.05, 3.63) is 29.8 Å². The lowest BCUT2D eigenvalue weighted by molar-refractivity contribution is -0.120. The minimum atomic E-state index is -3.14. The molecule has 1 N–H and O–H groups in total. The van der Waals surface area contributed by atoms with Gasteiger partial charge in [-0.25, -0.2) is 12.7 Å². The van der Waals surface area contributed by atoms with Crippen molar-refractivity contribution in [2.75, 3.05) is 25.9 Å². The van der Waals surface area contributed by atoms with Crippen LogP contribution in [0.5, 0.6) is 5.75 Å². The first-order valence-corrected chi connectivity index (χ1v) is 9.84. The minimum absolute atomic E-state index is 0.0526. The molecule has 9 heteroatoms. The zero-order chi connectivity index (χ0) is 18.4. The molecular weight excluding hydrogens is 354 g/mol. The lowest BCUT2D eigenvalue weighted by atomic mass is 9.98. The molecule has 0 atom stereocenters. The standard InChI is InChI=1S/C16H22F2N2O4S/c1-25(22,23)20-8-6-13(7-9-20)11-19-15(21)10-12-2-4-14(5-3-12)24-16(17)18/h2-5,13,16H,6-11H2,1H3,(H,19,21). The van der Waals surface area contributed by atoms with E-state index in [2.05, 4.69) is 10.1 Å². The van der Waals surface area contributed by atoms with Gasteiger partial charge >= 0.3 is 6.61 Å². The van der Waals surface area contributed by atoms with Crippen LogP contribution < -0.4 is 10.1 Å². The number of alkyl halides is 2. The van der Waals surface area contributed by atoms with E-state index in [0.717, 1.165) is 0 Å². The van der Waals surface area contributed by atoms with Gasteiger partial charge in [-0.3, -0.25) is 4.79 Å². The maximum atomic E-state index is 12.1. The third-order valence-corrected chi connectivity index (χ3v) is 5.45. The van der Waals surface area contributed by atoms with E-state index in [1.165, 1.54) is 22.7 Å². The molecule has 1 aliphatic rings. The lowest BCUT2D eigenvalue weighted by Gasteiger charge is -2.30. The number of hydrogen-bond acceptors (Lipinski definition) is 4. The molecule has 0 aliphatic carbocycles. The topological polar surface area (TPSA) is 75.7 Å². The summed E-state index contributed by atoms with van der Waals surface area (Å²) in [6.45, 7) is -1.41. The number of halogens is 2. The van der Waals surface area contributed by atoms with Gasteiger partial charge in [-0.1, -0.05) is 12.1 Å². The van der Waals surface area contributed by atoms with Crippen molar-refractivity contribution in [1.29, 1.82) is 0 Å². The second kappa shape index (κ2) is 8.57. The maximum Gasteiger partial charge on any atom is 0.387 e. The highest BCUT2D eigenvalue weighted by Gasteiger charge is 2.24. The second-order valence-corrected chi connectivity index (χ2v) is 8.09. The number of nitrogens with zero attached hydrogens (tertiary/aromatic N) is 1. The van der Waals surface area contributed by atoms with E-state index in [9.17, 15) is 22.0 Å². The van der Waals surface area contributed by atoms with Crippen LogP contribution in [0.3, 0.4) is 0 Å². The molecule has 6 nitrogen and oxygen atoms in total. The molecule has 0 bridgehead atoms. The van der Waals surface area contributed by atoms with Crippen LogP contribution in [0.15, 0.2) is 24.3 Å². The SMILES string of the molecule is CS(=O)(=O)N1CCC(CNC(=O)Cc2ccc(OC(F)F)cc2)CC1. The predicted octanol–water partition coefficient (Wildman–Crippen LogP) is 1.62. The van der Waals surface area contributed by atoms with Crippen LogP contribution in [-0.2, 0) is 21.2 Å². The highest BCUT2D eigenvalue weighted by atomic mass is 32.2. The van der Waals surface area contributed by atoms with E-state index in [1.54, 1.807) is 12.1 Å². The lowest BCUT2D eigenvalue weighted by Crippen LogP contribution is -2.41. The van der Waals surface area contributed by atoms with Crippen LogP contribution in [0.4, 0.5) is 8.78 Å². The Morgan fingerprint density at radius 2 is 1.88 bits per heavy atom. The number of ether oxygens (including phenoxy) is 1. The fraction of sp³-hybridized carbons (Fsp3) is 0.562. The molecule has 0 spiro atoms. The Labute approximate surface area is 146 Å². The molecule has 1 saturated heterocycles. The summed E-state index contributed by atoms with van der Waals surface area (Å²) in [6, 6.07) is 5.94. The smallest absolute Gasteiger partial charge is 0.387 e. The summed E-state index contributed by atoms with van der Waals surface area (Å²) in [4.78, 5) is 12.0. The molecule has 1 heterocycles. The first-order chi connectivity index (χ1) is 11.7. The zero-order valence-corrected chi connectivity index (χ0v) is 14.8. The molecule has 0 aromatic heterocycles. The van der Waals surface area contributed by atoms with Crippen molar-refractivity contribution in [2.45, 2.75) is 25.9 Å². The minimum Gasteiger partial charge on any atom is -0.435 e. The quantitative estimate of drug-likeness (QED) is 0.785. The average molecular weight is 376 g/mol. The largest absolute Gasteiger partial charge is 0.435 e. The van der Waals surface area contributed by atoms with Gasteiger partial charge in [-0.05, 0) is 36.5 Å². The molecule has 1 amide bonds. The van der Waals surface area contributed by atoms with Crippen LogP contribution in [0.1, 0.15) is 18.4 Å². The van der Waals surface area contributed by atoms with Gasteiger partial charge in [0.25, 0.3) is 0 Å². The Balaban J connectivity index is 1.72. The van der Waals surface area contributed by atoms with E-state index in [4.69, 9.17) is 0 Å². The first kappa shape index (κ1) is 19.6. The van der Waals surface area contributed by atoms with Crippen LogP contribution in [0.2, 0.25) is 0 Å². The van der Waals surface area contributed by atoms with Crippen LogP contribution >= 0.6 is 0 Å². The molecule has 0 radical (unpaired) electrons. The summed E-state index contributed by atoms with van der Waals surface area (Å²) in [5, 5.41) is 2.84. The summed E-state index contributed by atoms with van der Waals surface area (Å²) >= 11 is 0. The van der Waals surface area contributed by atoms with Gasteiger partial charge in [-0.15, -0.1) is 0 Å². The number of amides is 1. The van der Waals surface area contributed by atoms with E-state index in [0.29, 0.717) is 38.0 Å².